The van der Waals surface area contributed by atoms with Crippen LogP contribution < -0.4 is 47.9 Å². The lowest BCUT2D eigenvalue weighted by Crippen LogP contribution is -2.25. The molecule has 15 N–H and O–H groups in total. The zero-order valence-electron chi connectivity index (χ0n) is 63.7. The fraction of sp³-hybridized carbons (Fsp3) is 0.0800. The number of benzene rings is 7. The molecule has 6 heterocycles. The fourth-order valence-electron chi connectivity index (χ4n) is 13.8. The Hall–Kier alpha value is -14.3. The van der Waals surface area contributed by atoms with E-state index in [1.165, 1.54) is 149 Å². The Morgan fingerprint density at radius 2 is 0.439 bits per heavy atom. The molecule has 0 fully saturated rings. The average molecular weight is 1800 g/mol. The van der Waals surface area contributed by atoms with Crippen LogP contribution in [0.15, 0.2) is 212 Å². The summed E-state index contributed by atoms with van der Waals surface area (Å²) in [6.45, 7) is 0. The summed E-state index contributed by atoms with van der Waals surface area (Å²) in [5.41, 5.74) is -4.55. The van der Waals surface area contributed by atoms with Crippen LogP contribution in [0.25, 0.3) is 32.3 Å². The van der Waals surface area contributed by atoms with Crippen molar-refractivity contribution in [3.8, 4) is 0 Å². The van der Waals surface area contributed by atoms with Crippen LogP contribution in [0.3, 0.4) is 0 Å². The van der Waals surface area contributed by atoms with Gasteiger partial charge in [-0.2, -0.15) is 50.5 Å². The Morgan fingerprint density at radius 3 is 0.659 bits per heavy atom. The molecular weight excluding hydrogens is 1740 g/mol. The largest absolute Gasteiger partial charge is 0.344 e. The molecule has 0 spiro atoms. The standard InChI is InChI=1S/C75H63N15O27S6/c1-85-31-37(25-54(85)69(93)78-39-27-57(88(4)33-39)72(96)82-51-22-19-43-46(64(51)121(109,110)111)11-8-16-60(43)118(100,101)102)76-67(91)49-14-7-15-50(68(92)77-38-26-55(86(2)32-38)70(94)79-40-28-58(89(5)34-40)73(97)83-52-23-20-44-47(65(52)122(112,113)114)12-9-17-61(44)119(103,104)105)63(49)75(99)81-42-30-56(87(3)36-42)71(95)80-41-29-59(90(6)35-41)74(98)84-53-24-21-45-48(66(53)123(115,116)117)13-10-18-62(45)120(106,107)108/h7-36H,1-6H3,(H,76,91)(H,77,92)(H,78,93)(H,79,94)(H,80,95)(H,81,99)(H,82,96)(H,83,97)(H,84,98)(H,100,101,102)(H,103,104,105)(H,106,107,108)(H,109,110,111)(H,112,113,114)(H,115,116,117). The van der Waals surface area contributed by atoms with Gasteiger partial charge in [0.2, 0.25) is 0 Å². The molecule has 636 valence electrons. The molecule has 123 heavy (non-hydrogen) atoms. The van der Waals surface area contributed by atoms with E-state index in [0.29, 0.717) is 0 Å². The van der Waals surface area contributed by atoms with Gasteiger partial charge in [-0.05, 0) is 84.9 Å². The molecule has 7 aromatic carbocycles. The van der Waals surface area contributed by atoms with Crippen molar-refractivity contribution >= 4 is 197 Å². The van der Waals surface area contributed by atoms with Crippen LogP contribution in [0.4, 0.5) is 51.2 Å². The molecular formula is C75H63N15O27S6. The number of aromatic nitrogens is 6. The van der Waals surface area contributed by atoms with Crippen molar-refractivity contribution in [1.82, 2.24) is 27.4 Å². The molecule has 13 aromatic rings. The third-order valence-corrected chi connectivity index (χ3v) is 24.6. The lowest BCUT2D eigenvalue weighted by atomic mass is 9.98. The minimum Gasteiger partial charge on any atom is -0.344 e. The molecule has 0 radical (unpaired) electrons. The van der Waals surface area contributed by atoms with E-state index in [0.717, 1.165) is 103 Å². The van der Waals surface area contributed by atoms with Crippen molar-refractivity contribution in [2.75, 3.05) is 47.9 Å². The number of rotatable bonds is 24. The SMILES string of the molecule is Cn1cc(NC(=O)c2cccc(C(=O)Nc3cc(C(=O)Nc4cc(C(=O)Nc5ccc6c(S(=O)(=O)O)cccc6c5S(=O)(=O)O)n(C)c4)n(C)c3)c2C(=O)Nc2cc(C(=O)Nc3cc(C(=O)Nc4ccc5c(S(=O)(=O)O)cccc5c4S(=O)(=O)O)n(C)c3)n(C)c2)cc1C(=O)Nc1cc(C(=O)Nc2ccc3c(S(=O)(=O)O)cccc3c2S(=O)(=O)O)n(C)c1. The maximum absolute atomic E-state index is 15.0. The van der Waals surface area contributed by atoms with Gasteiger partial charge in [-0.25, -0.2) is 0 Å². The molecule has 0 bridgehead atoms. The summed E-state index contributed by atoms with van der Waals surface area (Å²) in [5.74, 6) is -8.85. The molecule has 9 amide bonds. The van der Waals surface area contributed by atoms with Gasteiger partial charge >= 0.3 is 0 Å². The van der Waals surface area contributed by atoms with E-state index in [9.17, 15) is 116 Å². The number of amides is 9. The predicted octanol–water partition coefficient (Wildman–Crippen LogP) is 7.93. The number of hydrogen-bond acceptors (Lipinski definition) is 21. The van der Waals surface area contributed by atoms with Crippen molar-refractivity contribution in [3.63, 3.8) is 0 Å². The summed E-state index contributed by atoms with van der Waals surface area (Å²) in [6.07, 6.45) is 7.71. The van der Waals surface area contributed by atoms with Crippen LogP contribution in [0.2, 0.25) is 0 Å². The van der Waals surface area contributed by atoms with Crippen LogP contribution >= 0.6 is 0 Å². The van der Waals surface area contributed by atoms with E-state index in [1.807, 2.05) is 0 Å². The van der Waals surface area contributed by atoms with E-state index in [1.54, 1.807) is 0 Å². The van der Waals surface area contributed by atoms with Gasteiger partial charge in [0, 0.05) is 112 Å². The van der Waals surface area contributed by atoms with Gasteiger partial charge in [-0.15, -0.1) is 0 Å². The van der Waals surface area contributed by atoms with Gasteiger partial charge in [0.25, 0.3) is 114 Å². The summed E-state index contributed by atoms with van der Waals surface area (Å²) in [4.78, 5) is 123. The van der Waals surface area contributed by atoms with Crippen LogP contribution in [0.1, 0.15) is 94.0 Å². The van der Waals surface area contributed by atoms with E-state index < -0.39 is 177 Å². The van der Waals surface area contributed by atoms with Gasteiger partial charge < -0.3 is 75.3 Å². The Balaban J connectivity index is 0.747. The van der Waals surface area contributed by atoms with Crippen molar-refractivity contribution in [1.29, 1.82) is 0 Å². The van der Waals surface area contributed by atoms with Gasteiger partial charge in [0.1, 0.15) is 63.5 Å². The van der Waals surface area contributed by atoms with Gasteiger partial charge in [0.15, 0.2) is 0 Å². The van der Waals surface area contributed by atoms with Crippen molar-refractivity contribution < 1.29 is 121 Å². The zero-order chi connectivity index (χ0) is 89.6. The van der Waals surface area contributed by atoms with E-state index in [-0.39, 0.29) is 101 Å². The van der Waals surface area contributed by atoms with Gasteiger partial charge in [-0.1, -0.05) is 60.7 Å². The quantitative estimate of drug-likeness (QED) is 0.0255. The monoisotopic (exact) mass is 1800 g/mol. The van der Waals surface area contributed by atoms with Crippen molar-refractivity contribution in [3.05, 3.63) is 234 Å². The number of nitrogens with zero attached hydrogens (tertiary/aromatic N) is 6. The molecule has 0 aliphatic heterocycles. The average Bonchev–Trinajstić information content (AvgIpc) is 1.31. The van der Waals surface area contributed by atoms with Crippen molar-refractivity contribution in [2.24, 2.45) is 42.3 Å². The number of nitrogens with one attached hydrogen (secondary N) is 9. The first-order valence-electron chi connectivity index (χ1n) is 34.9. The molecule has 0 aliphatic carbocycles. The second kappa shape index (κ2) is 32.0. The van der Waals surface area contributed by atoms with Gasteiger partial charge in [-0.3, -0.25) is 70.5 Å². The molecule has 42 nitrogen and oxygen atoms in total. The van der Waals surface area contributed by atoms with Crippen LogP contribution in [-0.2, 0) is 103 Å². The Kier molecular flexibility index (Phi) is 22.5. The number of hydrogen-bond donors (Lipinski definition) is 15. The zero-order valence-corrected chi connectivity index (χ0v) is 68.6. The van der Waals surface area contributed by atoms with Crippen LogP contribution in [0.5, 0.6) is 0 Å². The maximum Gasteiger partial charge on any atom is 0.297 e. The first kappa shape index (κ1) is 86.5. The molecule has 0 aliphatic rings. The topological polar surface area (TPSA) is 618 Å². The number of anilines is 9. The lowest BCUT2D eigenvalue weighted by molar-refractivity contribution is 0.0977. The highest BCUT2D eigenvalue weighted by atomic mass is 32.2. The normalized spacial score (nSPS) is 12.1. The van der Waals surface area contributed by atoms with E-state index in [4.69, 9.17) is 0 Å². The van der Waals surface area contributed by atoms with E-state index >= 15 is 4.79 Å². The highest BCUT2D eigenvalue weighted by molar-refractivity contribution is 7.87. The highest BCUT2D eigenvalue weighted by Crippen LogP contribution is 2.39. The Labute approximate surface area is 694 Å². The predicted molar refractivity (Wildman–Crippen MR) is 441 cm³/mol. The molecule has 6 aromatic heterocycles. The second-order valence-electron chi connectivity index (χ2n) is 27.4. The molecule has 0 unspecified atom stereocenters. The van der Waals surface area contributed by atoms with Crippen LogP contribution in [-0.4, -0.2) is 158 Å². The molecule has 0 atom stereocenters. The second-order valence-corrected chi connectivity index (χ2v) is 35.6. The Morgan fingerprint density at radius 1 is 0.236 bits per heavy atom. The third kappa shape index (κ3) is 17.7. The first-order valence-corrected chi connectivity index (χ1v) is 43.5. The molecule has 0 saturated heterocycles. The molecule has 48 heteroatoms. The third-order valence-electron chi connectivity index (χ3n) is 19.0. The number of fused-ring (bicyclic) bond motifs is 3. The maximum atomic E-state index is 15.0. The summed E-state index contributed by atoms with van der Waals surface area (Å²) >= 11 is 0. The summed E-state index contributed by atoms with van der Waals surface area (Å²) < 4.78 is 217. The summed E-state index contributed by atoms with van der Waals surface area (Å²) in [6, 6.07) is 26.5. The summed E-state index contributed by atoms with van der Waals surface area (Å²) in [5, 5.41) is 20.6. The highest BCUT2D eigenvalue weighted by Gasteiger charge is 2.33. The number of carbonyl (C=O) groups excluding carboxylic acids is 9. The van der Waals surface area contributed by atoms with E-state index in [2.05, 4.69) is 47.9 Å². The smallest absolute Gasteiger partial charge is 0.297 e. The minimum atomic E-state index is -5.22. The lowest BCUT2D eigenvalue weighted by Gasteiger charge is -2.14. The minimum absolute atomic E-state index is 0.0164. The van der Waals surface area contributed by atoms with Crippen LogP contribution in [0, 0.1) is 0 Å². The van der Waals surface area contributed by atoms with Gasteiger partial charge in [0.05, 0.1) is 67.9 Å². The Bertz CT molecular complexity index is 7290. The van der Waals surface area contributed by atoms with Crippen molar-refractivity contribution in [2.45, 2.75) is 29.4 Å². The first-order chi connectivity index (χ1) is 57.4. The number of aryl methyl sites for hydroxylation is 6. The summed E-state index contributed by atoms with van der Waals surface area (Å²) in [7, 11) is -22.0. The molecule has 13 rings (SSSR count). The molecule has 0 saturated carbocycles. The fourth-order valence-corrected chi connectivity index (χ4v) is 18.4. The number of carbonyl (C=O) groups is 9.